The highest BCUT2D eigenvalue weighted by molar-refractivity contribution is 7.89. The van der Waals surface area contributed by atoms with Gasteiger partial charge in [0.2, 0.25) is 15.9 Å². The number of benzene rings is 2. The summed E-state index contributed by atoms with van der Waals surface area (Å²) in [7, 11) is -3.60. The molecule has 2 aromatic rings. The van der Waals surface area contributed by atoms with Gasteiger partial charge in [-0.15, -0.1) is 0 Å². The van der Waals surface area contributed by atoms with E-state index in [0.717, 1.165) is 18.4 Å². The summed E-state index contributed by atoms with van der Waals surface area (Å²) in [4.78, 5) is 25.1. The number of carbonyl (C=O) groups is 1. The molecule has 0 saturated carbocycles. The molecule has 0 radical (unpaired) electrons. The summed E-state index contributed by atoms with van der Waals surface area (Å²) in [5, 5.41) is 11.1. The predicted molar refractivity (Wildman–Crippen MR) is 118 cm³/mol. The molecule has 1 aliphatic heterocycles. The number of hydrogen-bond acceptors (Lipinski definition) is 5. The third kappa shape index (κ3) is 5.99. The summed E-state index contributed by atoms with van der Waals surface area (Å²) >= 11 is 0. The smallest absolute Gasteiger partial charge is 0.276 e. The van der Waals surface area contributed by atoms with Gasteiger partial charge >= 0.3 is 0 Å². The molecule has 0 aromatic heterocycles. The Kier molecular flexibility index (Phi) is 7.19. The van der Waals surface area contributed by atoms with Crippen LogP contribution in [0.4, 0.5) is 5.69 Å². The zero-order chi connectivity index (χ0) is 22.4. The van der Waals surface area contributed by atoms with Crippen molar-refractivity contribution < 1.29 is 18.1 Å². The first kappa shape index (κ1) is 22.6. The molecule has 0 spiro atoms. The normalized spacial score (nSPS) is 17.1. The van der Waals surface area contributed by atoms with Crippen LogP contribution >= 0.6 is 0 Å². The van der Waals surface area contributed by atoms with Gasteiger partial charge in [0.1, 0.15) is 0 Å². The van der Waals surface area contributed by atoms with E-state index in [-0.39, 0.29) is 29.0 Å². The van der Waals surface area contributed by atoms with Crippen LogP contribution in [-0.2, 0) is 14.8 Å². The summed E-state index contributed by atoms with van der Waals surface area (Å²) < 4.78 is 27.6. The number of hydrogen-bond donors (Lipinski definition) is 1. The fourth-order valence-electron chi connectivity index (χ4n) is 3.52. The summed E-state index contributed by atoms with van der Waals surface area (Å²) in [6.07, 6.45) is 4.36. The highest BCUT2D eigenvalue weighted by atomic mass is 32.2. The van der Waals surface area contributed by atoms with Crippen LogP contribution in [0.2, 0.25) is 0 Å². The lowest BCUT2D eigenvalue weighted by atomic mass is 9.98. The molecule has 9 heteroatoms. The number of carbonyl (C=O) groups excluding carboxylic acids is 1. The average Bonchev–Trinajstić information content (AvgIpc) is 2.77. The number of aryl methyl sites for hydroxylation is 1. The lowest BCUT2D eigenvalue weighted by Crippen LogP contribution is -2.43. The summed E-state index contributed by atoms with van der Waals surface area (Å²) in [5.74, 6) is -0.248. The van der Waals surface area contributed by atoms with Crippen molar-refractivity contribution >= 4 is 27.7 Å². The Labute approximate surface area is 181 Å². The van der Waals surface area contributed by atoms with Gasteiger partial charge in [-0.1, -0.05) is 29.8 Å². The Morgan fingerprint density at radius 2 is 1.94 bits per heavy atom. The maximum Gasteiger partial charge on any atom is 0.276 e. The molecule has 1 aliphatic rings. The third-order valence-corrected chi connectivity index (χ3v) is 6.70. The molecule has 1 saturated heterocycles. The number of nitrogens with zero attached hydrogens (tertiary/aromatic N) is 2. The zero-order valence-corrected chi connectivity index (χ0v) is 18.0. The highest BCUT2D eigenvalue weighted by Gasteiger charge is 2.24. The van der Waals surface area contributed by atoms with Gasteiger partial charge in [0, 0.05) is 31.8 Å². The second kappa shape index (κ2) is 9.84. The molecule has 1 amide bonds. The van der Waals surface area contributed by atoms with E-state index in [4.69, 9.17) is 0 Å². The third-order valence-electron chi connectivity index (χ3n) is 5.26. The second-order valence-corrected chi connectivity index (χ2v) is 9.37. The first-order valence-corrected chi connectivity index (χ1v) is 11.5. The molecular formula is C22H25N3O5S. The summed E-state index contributed by atoms with van der Waals surface area (Å²) in [5.41, 5.74) is 1.28. The van der Waals surface area contributed by atoms with Crippen LogP contribution in [0.15, 0.2) is 59.5 Å². The number of nitro groups is 1. The number of sulfonamides is 1. The van der Waals surface area contributed by atoms with Crippen molar-refractivity contribution in [3.63, 3.8) is 0 Å². The van der Waals surface area contributed by atoms with Gasteiger partial charge < -0.3 is 4.90 Å². The number of nitrogens with one attached hydrogen (secondary N) is 1. The van der Waals surface area contributed by atoms with E-state index in [1.807, 2.05) is 6.92 Å². The van der Waals surface area contributed by atoms with Crippen LogP contribution in [-0.4, -0.2) is 43.8 Å². The molecule has 0 aliphatic carbocycles. The van der Waals surface area contributed by atoms with Gasteiger partial charge in [-0.3, -0.25) is 14.9 Å². The van der Waals surface area contributed by atoms with Crippen LogP contribution < -0.4 is 4.72 Å². The van der Waals surface area contributed by atoms with Crippen LogP contribution in [0.1, 0.15) is 24.0 Å². The summed E-state index contributed by atoms with van der Waals surface area (Å²) in [6, 6.07) is 12.9. The van der Waals surface area contributed by atoms with Crippen molar-refractivity contribution in [3.05, 3.63) is 75.8 Å². The maximum atomic E-state index is 12.6. The fourth-order valence-corrected chi connectivity index (χ4v) is 4.64. The quantitative estimate of drug-likeness (QED) is 0.402. The zero-order valence-electron chi connectivity index (χ0n) is 17.2. The highest BCUT2D eigenvalue weighted by Crippen LogP contribution is 2.21. The first-order chi connectivity index (χ1) is 14.8. The first-order valence-electron chi connectivity index (χ1n) is 10.0. The monoisotopic (exact) mass is 443 g/mol. The molecular weight excluding hydrogens is 418 g/mol. The van der Waals surface area contributed by atoms with E-state index < -0.39 is 14.9 Å². The van der Waals surface area contributed by atoms with E-state index in [1.54, 1.807) is 47.4 Å². The minimum atomic E-state index is -3.60. The van der Waals surface area contributed by atoms with Gasteiger partial charge in [0.15, 0.2) is 0 Å². The topological polar surface area (TPSA) is 110 Å². The molecule has 1 heterocycles. The van der Waals surface area contributed by atoms with Gasteiger partial charge in [-0.2, -0.15) is 0 Å². The molecule has 1 atom stereocenters. The van der Waals surface area contributed by atoms with Crippen molar-refractivity contribution in [1.29, 1.82) is 0 Å². The number of nitro benzene ring substituents is 1. The maximum absolute atomic E-state index is 12.6. The Bertz CT molecular complexity index is 1080. The molecule has 31 heavy (non-hydrogen) atoms. The van der Waals surface area contributed by atoms with Gasteiger partial charge in [0.25, 0.3) is 5.69 Å². The molecule has 2 aromatic carbocycles. The number of rotatable bonds is 7. The van der Waals surface area contributed by atoms with Crippen LogP contribution in [0.25, 0.3) is 6.08 Å². The van der Waals surface area contributed by atoms with Crippen molar-refractivity contribution in [2.75, 3.05) is 19.6 Å². The predicted octanol–water partition coefficient (Wildman–Crippen LogP) is 3.13. The lowest BCUT2D eigenvalue weighted by molar-refractivity contribution is -0.385. The number of piperidine rings is 1. The van der Waals surface area contributed by atoms with Gasteiger partial charge in [-0.25, -0.2) is 13.1 Å². The van der Waals surface area contributed by atoms with E-state index >= 15 is 0 Å². The lowest BCUT2D eigenvalue weighted by Gasteiger charge is -2.32. The minimum absolute atomic E-state index is 0.00242. The van der Waals surface area contributed by atoms with E-state index in [2.05, 4.69) is 4.72 Å². The molecule has 1 unspecified atom stereocenters. The largest absolute Gasteiger partial charge is 0.339 e. The molecule has 3 rings (SSSR count). The molecule has 0 bridgehead atoms. The van der Waals surface area contributed by atoms with Crippen molar-refractivity contribution in [2.45, 2.75) is 24.7 Å². The SMILES string of the molecule is Cc1ccc(S(=O)(=O)NCC2CCCN(C(=O)C=Cc3ccccc3[N+](=O)[O-])C2)cc1. The van der Waals surface area contributed by atoms with Crippen molar-refractivity contribution in [1.82, 2.24) is 9.62 Å². The van der Waals surface area contributed by atoms with Crippen LogP contribution in [0, 0.1) is 23.0 Å². The second-order valence-electron chi connectivity index (χ2n) is 7.61. The van der Waals surface area contributed by atoms with E-state index in [0.29, 0.717) is 18.7 Å². The average molecular weight is 444 g/mol. The Balaban J connectivity index is 1.59. The number of likely N-dealkylation sites (tertiary alicyclic amines) is 1. The van der Waals surface area contributed by atoms with Gasteiger partial charge in [0.05, 0.1) is 15.4 Å². The minimum Gasteiger partial charge on any atom is -0.339 e. The van der Waals surface area contributed by atoms with E-state index in [1.165, 1.54) is 18.2 Å². The number of amides is 1. The van der Waals surface area contributed by atoms with Crippen LogP contribution in [0.5, 0.6) is 0 Å². The summed E-state index contributed by atoms with van der Waals surface area (Å²) in [6.45, 7) is 3.13. The standard InChI is InChI=1S/C22H25N3O5S/c1-17-8-11-20(12-9-17)31(29,30)23-15-18-5-4-14-24(16-18)22(26)13-10-19-6-2-3-7-21(19)25(27)28/h2-3,6-13,18,23H,4-5,14-16H2,1H3. The molecule has 1 N–H and O–H groups in total. The Morgan fingerprint density at radius 1 is 1.23 bits per heavy atom. The number of para-hydroxylation sites is 1. The molecule has 164 valence electrons. The van der Waals surface area contributed by atoms with Crippen molar-refractivity contribution in [3.8, 4) is 0 Å². The molecule has 8 nitrogen and oxygen atoms in total. The Morgan fingerprint density at radius 3 is 2.65 bits per heavy atom. The molecule has 1 fully saturated rings. The van der Waals surface area contributed by atoms with E-state index in [9.17, 15) is 23.3 Å². The van der Waals surface area contributed by atoms with Gasteiger partial charge in [-0.05, 0) is 50.0 Å². The van der Waals surface area contributed by atoms with Crippen LogP contribution in [0.3, 0.4) is 0 Å². The Hall–Kier alpha value is -3.04. The fraction of sp³-hybridized carbons (Fsp3) is 0.318. The van der Waals surface area contributed by atoms with Crippen molar-refractivity contribution in [2.24, 2.45) is 5.92 Å².